The lowest BCUT2D eigenvalue weighted by Crippen LogP contribution is -2.21. The fourth-order valence-electron chi connectivity index (χ4n) is 2.12. The Bertz CT molecular complexity index is 610. The Balaban J connectivity index is 2.54. The van der Waals surface area contributed by atoms with Crippen LogP contribution >= 0.6 is 0 Å². The highest BCUT2D eigenvalue weighted by Crippen LogP contribution is 2.23. The molecule has 2 rings (SSSR count). The van der Waals surface area contributed by atoms with Crippen molar-refractivity contribution in [3.8, 4) is 0 Å². The van der Waals surface area contributed by atoms with Gasteiger partial charge in [0.15, 0.2) is 0 Å². The van der Waals surface area contributed by atoms with Crippen LogP contribution in [0.5, 0.6) is 0 Å². The number of aryl methyl sites for hydroxylation is 2. The molecule has 0 saturated carbocycles. The molecule has 0 radical (unpaired) electrons. The second-order valence-electron chi connectivity index (χ2n) is 5.31. The molecule has 0 amide bonds. The third-order valence-corrected chi connectivity index (χ3v) is 3.48. The van der Waals surface area contributed by atoms with Gasteiger partial charge in [0.1, 0.15) is 12.7 Å². The van der Waals surface area contributed by atoms with E-state index in [9.17, 15) is 5.11 Å². The highest BCUT2D eigenvalue weighted by atomic mass is 16.3. The lowest BCUT2D eigenvalue weighted by Gasteiger charge is -2.18. The van der Waals surface area contributed by atoms with Crippen molar-refractivity contribution in [2.24, 2.45) is 13.0 Å². The molecule has 6 heteroatoms. The highest BCUT2D eigenvalue weighted by molar-refractivity contribution is 5.74. The van der Waals surface area contributed by atoms with E-state index in [1.165, 1.54) is 6.33 Å². The number of hydrogen-bond acceptors (Lipinski definition) is 4. The van der Waals surface area contributed by atoms with Crippen molar-refractivity contribution in [3.63, 3.8) is 0 Å². The van der Waals surface area contributed by atoms with Gasteiger partial charge in [-0.3, -0.25) is 4.68 Å². The van der Waals surface area contributed by atoms with Crippen LogP contribution < -0.4 is 0 Å². The van der Waals surface area contributed by atoms with Gasteiger partial charge in [-0.15, -0.1) is 0 Å². The SMILES string of the molecule is Cc1nn(C)c(C)c1C=C(C(O)C(C)C)n1cncn1. The summed E-state index contributed by atoms with van der Waals surface area (Å²) in [6.07, 6.45) is 4.38. The summed E-state index contributed by atoms with van der Waals surface area (Å²) in [5.74, 6) is 0.0859. The summed E-state index contributed by atoms with van der Waals surface area (Å²) in [6, 6.07) is 0. The summed E-state index contributed by atoms with van der Waals surface area (Å²) in [7, 11) is 1.91. The first kappa shape index (κ1) is 14.5. The van der Waals surface area contributed by atoms with E-state index in [4.69, 9.17) is 0 Å². The predicted molar refractivity (Wildman–Crippen MR) is 77.7 cm³/mol. The Morgan fingerprint density at radius 1 is 1.35 bits per heavy atom. The number of aliphatic hydroxyl groups excluding tert-OH is 1. The van der Waals surface area contributed by atoms with Crippen molar-refractivity contribution in [2.75, 3.05) is 0 Å². The number of nitrogens with zero attached hydrogens (tertiary/aromatic N) is 5. The van der Waals surface area contributed by atoms with Gasteiger partial charge >= 0.3 is 0 Å². The van der Waals surface area contributed by atoms with Crippen LogP contribution in [-0.2, 0) is 7.05 Å². The second kappa shape index (κ2) is 5.58. The average Bonchev–Trinajstić information content (AvgIpc) is 2.98. The topological polar surface area (TPSA) is 68.8 Å². The van der Waals surface area contributed by atoms with Crippen LogP contribution in [0.25, 0.3) is 11.8 Å². The normalized spacial score (nSPS) is 14.1. The molecule has 0 fully saturated rings. The maximum absolute atomic E-state index is 10.4. The first-order chi connectivity index (χ1) is 9.41. The largest absolute Gasteiger partial charge is 0.387 e. The van der Waals surface area contributed by atoms with Gasteiger partial charge in [-0.2, -0.15) is 10.2 Å². The minimum Gasteiger partial charge on any atom is -0.387 e. The van der Waals surface area contributed by atoms with Crippen molar-refractivity contribution in [1.29, 1.82) is 0 Å². The zero-order chi connectivity index (χ0) is 14.9. The Morgan fingerprint density at radius 2 is 2.05 bits per heavy atom. The molecule has 6 nitrogen and oxygen atoms in total. The molecular formula is C14H21N5O. The van der Waals surface area contributed by atoms with Gasteiger partial charge in [0, 0.05) is 18.3 Å². The summed E-state index contributed by atoms with van der Waals surface area (Å²) in [6.45, 7) is 7.91. The first-order valence-corrected chi connectivity index (χ1v) is 6.66. The molecule has 1 atom stereocenters. The van der Waals surface area contributed by atoms with Crippen molar-refractivity contribution >= 4 is 11.8 Å². The molecule has 108 valence electrons. The van der Waals surface area contributed by atoms with Crippen molar-refractivity contribution in [1.82, 2.24) is 24.5 Å². The van der Waals surface area contributed by atoms with E-state index in [1.807, 2.05) is 45.5 Å². The van der Waals surface area contributed by atoms with Crippen molar-refractivity contribution in [3.05, 3.63) is 29.6 Å². The number of hydrogen-bond donors (Lipinski definition) is 1. The number of aliphatic hydroxyl groups is 1. The van der Waals surface area contributed by atoms with E-state index in [2.05, 4.69) is 15.2 Å². The van der Waals surface area contributed by atoms with E-state index in [1.54, 1.807) is 11.0 Å². The molecule has 0 bridgehead atoms. The first-order valence-electron chi connectivity index (χ1n) is 6.66. The number of aromatic nitrogens is 5. The molecule has 0 saturated heterocycles. The van der Waals surface area contributed by atoms with Gasteiger partial charge in [0.25, 0.3) is 0 Å². The molecule has 2 heterocycles. The molecule has 0 aliphatic carbocycles. The lowest BCUT2D eigenvalue weighted by atomic mass is 10.0. The maximum atomic E-state index is 10.4. The summed E-state index contributed by atoms with van der Waals surface area (Å²) >= 11 is 0. The van der Waals surface area contributed by atoms with Gasteiger partial charge in [-0.1, -0.05) is 13.8 Å². The zero-order valence-corrected chi connectivity index (χ0v) is 12.6. The Hall–Kier alpha value is -1.95. The molecular weight excluding hydrogens is 254 g/mol. The van der Waals surface area contributed by atoms with Crippen LogP contribution in [0.3, 0.4) is 0 Å². The molecule has 2 aromatic rings. The maximum Gasteiger partial charge on any atom is 0.138 e. The lowest BCUT2D eigenvalue weighted by molar-refractivity contribution is 0.175. The highest BCUT2D eigenvalue weighted by Gasteiger charge is 2.19. The number of rotatable bonds is 4. The summed E-state index contributed by atoms with van der Waals surface area (Å²) in [5, 5.41) is 19.0. The molecule has 20 heavy (non-hydrogen) atoms. The van der Waals surface area contributed by atoms with Crippen LogP contribution in [0.4, 0.5) is 0 Å². The Morgan fingerprint density at radius 3 is 2.50 bits per heavy atom. The molecule has 0 aliphatic rings. The van der Waals surface area contributed by atoms with Crippen LogP contribution in [0.15, 0.2) is 12.7 Å². The molecule has 1 N–H and O–H groups in total. The van der Waals surface area contributed by atoms with Gasteiger partial charge < -0.3 is 5.11 Å². The van der Waals surface area contributed by atoms with E-state index in [0.29, 0.717) is 5.70 Å². The molecule has 0 aromatic carbocycles. The van der Waals surface area contributed by atoms with Gasteiger partial charge in [0.2, 0.25) is 0 Å². The monoisotopic (exact) mass is 275 g/mol. The Labute approximate surface area is 118 Å². The smallest absolute Gasteiger partial charge is 0.138 e. The van der Waals surface area contributed by atoms with E-state index >= 15 is 0 Å². The molecule has 2 aromatic heterocycles. The van der Waals surface area contributed by atoms with Crippen molar-refractivity contribution in [2.45, 2.75) is 33.8 Å². The van der Waals surface area contributed by atoms with Gasteiger partial charge in [-0.05, 0) is 25.8 Å². The third kappa shape index (κ3) is 2.65. The average molecular weight is 275 g/mol. The fraction of sp³-hybridized carbons (Fsp3) is 0.500. The Kier molecular flexibility index (Phi) is 4.04. The van der Waals surface area contributed by atoms with E-state index in [-0.39, 0.29) is 5.92 Å². The van der Waals surface area contributed by atoms with Crippen LogP contribution in [0.2, 0.25) is 0 Å². The molecule has 1 unspecified atom stereocenters. The fourth-order valence-corrected chi connectivity index (χ4v) is 2.12. The van der Waals surface area contributed by atoms with E-state index < -0.39 is 6.10 Å². The second-order valence-corrected chi connectivity index (χ2v) is 5.31. The van der Waals surface area contributed by atoms with Crippen LogP contribution in [0.1, 0.15) is 30.8 Å². The predicted octanol–water partition coefficient (Wildman–Crippen LogP) is 1.64. The van der Waals surface area contributed by atoms with Crippen molar-refractivity contribution < 1.29 is 5.11 Å². The van der Waals surface area contributed by atoms with E-state index in [0.717, 1.165) is 17.0 Å². The standard InChI is InChI=1S/C14H21N5O/c1-9(2)14(20)13(19-8-15-7-16-19)6-12-10(3)17-18(5)11(12)4/h6-9,14,20H,1-5H3. The summed E-state index contributed by atoms with van der Waals surface area (Å²) in [5.41, 5.74) is 3.70. The zero-order valence-electron chi connectivity index (χ0n) is 12.6. The summed E-state index contributed by atoms with van der Waals surface area (Å²) in [4.78, 5) is 3.96. The quantitative estimate of drug-likeness (QED) is 0.921. The van der Waals surface area contributed by atoms with Crippen LogP contribution in [-0.4, -0.2) is 35.8 Å². The summed E-state index contributed by atoms with van der Waals surface area (Å²) < 4.78 is 3.44. The van der Waals surface area contributed by atoms with Gasteiger partial charge in [-0.25, -0.2) is 9.67 Å². The third-order valence-electron chi connectivity index (χ3n) is 3.48. The minimum absolute atomic E-state index is 0.0859. The van der Waals surface area contributed by atoms with Crippen LogP contribution in [0, 0.1) is 19.8 Å². The molecule has 0 aliphatic heterocycles. The molecule has 0 spiro atoms. The minimum atomic E-state index is -0.615. The van der Waals surface area contributed by atoms with Gasteiger partial charge in [0.05, 0.1) is 17.5 Å².